The van der Waals surface area contributed by atoms with Crippen LogP contribution in [0.5, 0.6) is 11.5 Å². The molecule has 0 unspecified atom stereocenters. The summed E-state index contributed by atoms with van der Waals surface area (Å²) in [4.78, 5) is 10.7. The molecule has 1 aromatic carbocycles. The van der Waals surface area contributed by atoms with E-state index in [0.717, 1.165) is 0 Å². The topological polar surface area (TPSA) is 76.0 Å². The summed E-state index contributed by atoms with van der Waals surface area (Å²) in [6.07, 6.45) is 0. The molecule has 0 radical (unpaired) electrons. The highest BCUT2D eigenvalue weighted by molar-refractivity contribution is 5.91. The van der Waals surface area contributed by atoms with Crippen molar-refractivity contribution in [3.63, 3.8) is 0 Å². The number of hydrogen-bond acceptors (Lipinski definition) is 4. The first-order valence-electron chi connectivity index (χ1n) is 4.34. The van der Waals surface area contributed by atoms with E-state index in [1.54, 1.807) is 0 Å². The van der Waals surface area contributed by atoms with Crippen LogP contribution in [0.4, 0.5) is 0 Å². The van der Waals surface area contributed by atoms with Crippen LogP contribution < -0.4 is 9.47 Å². The van der Waals surface area contributed by atoms with Gasteiger partial charge in [0.1, 0.15) is 23.7 Å². The smallest absolute Gasteiger partial charge is 0.339 e. The van der Waals surface area contributed by atoms with E-state index in [0.29, 0.717) is 5.75 Å². The largest absolute Gasteiger partial charge is 0.496 e. The SMILES string of the molecule is COc1cc(OCCO)ccc1C(=O)O. The molecule has 5 heteroatoms. The molecule has 15 heavy (non-hydrogen) atoms. The van der Waals surface area contributed by atoms with E-state index < -0.39 is 5.97 Å². The summed E-state index contributed by atoms with van der Waals surface area (Å²) in [5, 5.41) is 17.3. The minimum atomic E-state index is -1.06. The Morgan fingerprint density at radius 2 is 2.20 bits per heavy atom. The van der Waals surface area contributed by atoms with Crippen LogP contribution in [-0.4, -0.2) is 36.5 Å². The first-order chi connectivity index (χ1) is 7.19. The zero-order valence-corrected chi connectivity index (χ0v) is 8.27. The monoisotopic (exact) mass is 212 g/mol. The maximum absolute atomic E-state index is 10.7. The molecule has 0 aliphatic carbocycles. The van der Waals surface area contributed by atoms with E-state index in [4.69, 9.17) is 19.7 Å². The summed E-state index contributed by atoms with van der Waals surface area (Å²) in [6.45, 7) is 0.0680. The number of hydrogen-bond donors (Lipinski definition) is 2. The molecule has 0 saturated carbocycles. The number of carbonyl (C=O) groups is 1. The minimum absolute atomic E-state index is 0.0776. The van der Waals surface area contributed by atoms with Gasteiger partial charge in [-0.1, -0.05) is 0 Å². The first-order valence-corrected chi connectivity index (χ1v) is 4.34. The van der Waals surface area contributed by atoms with Gasteiger partial charge in [-0.25, -0.2) is 4.79 Å². The van der Waals surface area contributed by atoms with Gasteiger partial charge in [0.25, 0.3) is 0 Å². The fraction of sp³-hybridized carbons (Fsp3) is 0.300. The molecule has 0 aliphatic heterocycles. The number of carboxylic acid groups (broad SMARTS) is 1. The number of carboxylic acids is 1. The number of methoxy groups -OCH3 is 1. The van der Waals surface area contributed by atoms with Crippen molar-refractivity contribution >= 4 is 5.97 Å². The summed E-state index contributed by atoms with van der Waals surface area (Å²) in [7, 11) is 1.39. The van der Waals surface area contributed by atoms with Crippen LogP contribution in [0.25, 0.3) is 0 Å². The van der Waals surface area contributed by atoms with Crippen LogP contribution in [-0.2, 0) is 0 Å². The van der Waals surface area contributed by atoms with Crippen LogP contribution in [0.2, 0.25) is 0 Å². The van der Waals surface area contributed by atoms with Gasteiger partial charge >= 0.3 is 5.97 Å². The summed E-state index contributed by atoms with van der Waals surface area (Å²) >= 11 is 0. The van der Waals surface area contributed by atoms with Crippen LogP contribution in [0.3, 0.4) is 0 Å². The van der Waals surface area contributed by atoms with Gasteiger partial charge in [-0.3, -0.25) is 0 Å². The van der Waals surface area contributed by atoms with Crippen molar-refractivity contribution in [2.45, 2.75) is 0 Å². The number of aliphatic hydroxyl groups is 1. The van der Waals surface area contributed by atoms with E-state index in [1.165, 1.54) is 25.3 Å². The number of aliphatic hydroxyl groups excluding tert-OH is 1. The average Bonchev–Trinajstić information content (AvgIpc) is 2.25. The fourth-order valence-corrected chi connectivity index (χ4v) is 1.10. The molecule has 0 spiro atoms. The van der Waals surface area contributed by atoms with Crippen LogP contribution in [0, 0.1) is 0 Å². The van der Waals surface area contributed by atoms with Crippen molar-refractivity contribution in [1.29, 1.82) is 0 Å². The highest BCUT2D eigenvalue weighted by atomic mass is 16.5. The molecule has 0 atom stereocenters. The Balaban J connectivity index is 2.92. The van der Waals surface area contributed by atoms with Crippen molar-refractivity contribution < 1.29 is 24.5 Å². The molecule has 0 amide bonds. The van der Waals surface area contributed by atoms with Gasteiger partial charge in [-0.15, -0.1) is 0 Å². The molecular weight excluding hydrogens is 200 g/mol. The van der Waals surface area contributed by atoms with E-state index >= 15 is 0 Å². The molecule has 0 aromatic heterocycles. The molecule has 0 heterocycles. The Hall–Kier alpha value is -1.75. The van der Waals surface area contributed by atoms with Gasteiger partial charge < -0.3 is 19.7 Å². The number of ether oxygens (including phenoxy) is 2. The van der Waals surface area contributed by atoms with Gasteiger partial charge in [0, 0.05) is 6.07 Å². The Bertz CT molecular complexity index is 348. The maximum atomic E-state index is 10.7. The Morgan fingerprint density at radius 1 is 1.47 bits per heavy atom. The fourth-order valence-electron chi connectivity index (χ4n) is 1.10. The van der Waals surface area contributed by atoms with E-state index in [-0.39, 0.29) is 24.5 Å². The Labute approximate surface area is 86.9 Å². The number of benzene rings is 1. The third-order valence-electron chi connectivity index (χ3n) is 1.76. The number of aromatic carboxylic acids is 1. The minimum Gasteiger partial charge on any atom is -0.496 e. The van der Waals surface area contributed by atoms with Crippen molar-refractivity contribution in [3.05, 3.63) is 23.8 Å². The zero-order valence-electron chi connectivity index (χ0n) is 8.27. The molecular formula is C10H12O5. The maximum Gasteiger partial charge on any atom is 0.339 e. The molecule has 5 nitrogen and oxygen atoms in total. The molecule has 1 aromatic rings. The van der Waals surface area contributed by atoms with Crippen LogP contribution in [0.15, 0.2) is 18.2 Å². The molecule has 0 fully saturated rings. The second-order valence-corrected chi connectivity index (χ2v) is 2.74. The van der Waals surface area contributed by atoms with Gasteiger partial charge in [0.15, 0.2) is 0 Å². The van der Waals surface area contributed by atoms with Crippen molar-refractivity contribution in [1.82, 2.24) is 0 Å². The molecule has 82 valence electrons. The Kier molecular flexibility index (Phi) is 3.93. The van der Waals surface area contributed by atoms with Crippen molar-refractivity contribution in [3.8, 4) is 11.5 Å². The third kappa shape index (κ3) is 2.85. The van der Waals surface area contributed by atoms with Crippen LogP contribution >= 0.6 is 0 Å². The Morgan fingerprint density at radius 3 is 2.73 bits per heavy atom. The summed E-state index contributed by atoms with van der Waals surface area (Å²) in [5.74, 6) is -0.357. The molecule has 1 rings (SSSR count). The van der Waals surface area contributed by atoms with Crippen LogP contribution in [0.1, 0.15) is 10.4 Å². The van der Waals surface area contributed by atoms with E-state index in [2.05, 4.69) is 0 Å². The van der Waals surface area contributed by atoms with Crippen molar-refractivity contribution in [2.24, 2.45) is 0 Å². The van der Waals surface area contributed by atoms with Gasteiger partial charge in [0.05, 0.1) is 13.7 Å². The third-order valence-corrected chi connectivity index (χ3v) is 1.76. The highest BCUT2D eigenvalue weighted by Crippen LogP contribution is 2.24. The molecule has 0 saturated heterocycles. The molecule has 0 bridgehead atoms. The lowest BCUT2D eigenvalue weighted by atomic mass is 10.2. The first kappa shape index (κ1) is 11.3. The average molecular weight is 212 g/mol. The number of rotatable bonds is 5. The second kappa shape index (κ2) is 5.21. The van der Waals surface area contributed by atoms with Gasteiger partial charge in [-0.05, 0) is 12.1 Å². The highest BCUT2D eigenvalue weighted by Gasteiger charge is 2.11. The predicted molar refractivity (Wildman–Crippen MR) is 52.5 cm³/mol. The van der Waals surface area contributed by atoms with Crippen molar-refractivity contribution in [2.75, 3.05) is 20.3 Å². The zero-order chi connectivity index (χ0) is 11.3. The lowest BCUT2D eigenvalue weighted by Gasteiger charge is -2.08. The molecule has 2 N–H and O–H groups in total. The standard InChI is InChI=1S/C10H12O5/c1-14-9-6-7(15-5-4-11)2-3-8(9)10(12)13/h2-3,6,11H,4-5H2,1H3,(H,12,13). The predicted octanol–water partition coefficient (Wildman–Crippen LogP) is 0.764. The summed E-state index contributed by atoms with van der Waals surface area (Å²) in [5.41, 5.74) is 0.0776. The summed E-state index contributed by atoms with van der Waals surface area (Å²) < 4.78 is 10.0. The quantitative estimate of drug-likeness (QED) is 0.753. The lowest BCUT2D eigenvalue weighted by Crippen LogP contribution is -2.04. The lowest BCUT2D eigenvalue weighted by molar-refractivity contribution is 0.0693. The van der Waals surface area contributed by atoms with Gasteiger partial charge in [0.2, 0.25) is 0 Å². The summed E-state index contributed by atoms with van der Waals surface area (Å²) in [6, 6.07) is 4.38. The van der Waals surface area contributed by atoms with Gasteiger partial charge in [-0.2, -0.15) is 0 Å². The van der Waals surface area contributed by atoms with E-state index in [1.807, 2.05) is 0 Å². The normalized spacial score (nSPS) is 9.73. The molecule has 0 aliphatic rings. The van der Waals surface area contributed by atoms with E-state index in [9.17, 15) is 4.79 Å². The second-order valence-electron chi connectivity index (χ2n) is 2.74.